The Morgan fingerprint density at radius 2 is 2.17 bits per heavy atom. The Morgan fingerprint density at radius 3 is 3.00 bits per heavy atom. The van der Waals surface area contributed by atoms with E-state index in [9.17, 15) is 0 Å². The van der Waals surface area contributed by atoms with Crippen molar-refractivity contribution in [1.29, 1.82) is 0 Å². The average Bonchev–Trinajstić information content (AvgIpc) is 2.82. The number of hydrogen-bond acceptors (Lipinski definition) is 3. The van der Waals surface area contributed by atoms with Gasteiger partial charge in [0, 0.05) is 35.6 Å². The van der Waals surface area contributed by atoms with E-state index in [2.05, 4.69) is 40.6 Å². The fourth-order valence-electron chi connectivity index (χ4n) is 2.25. The number of rotatable bonds is 4. The highest BCUT2D eigenvalue weighted by atomic mass is 32.2. The molecule has 0 fully saturated rings. The summed E-state index contributed by atoms with van der Waals surface area (Å²) < 4.78 is 0. The number of pyridine rings is 1. The Balaban J connectivity index is 1.49. The molecule has 0 aliphatic carbocycles. The molecule has 1 aromatic heterocycles. The summed E-state index contributed by atoms with van der Waals surface area (Å²) in [5.74, 6) is 0. The Hall–Kier alpha value is -1.32. The molecule has 3 rings (SSSR count). The average molecular weight is 256 g/mol. The Bertz CT molecular complexity index is 488. The van der Waals surface area contributed by atoms with Gasteiger partial charge in [-0.15, -0.1) is 11.8 Å². The van der Waals surface area contributed by atoms with Gasteiger partial charge in [-0.3, -0.25) is 4.98 Å². The molecule has 0 spiro atoms. The lowest BCUT2D eigenvalue weighted by Crippen LogP contribution is -2.24. The van der Waals surface area contributed by atoms with Crippen LogP contribution in [-0.2, 0) is 13.0 Å². The van der Waals surface area contributed by atoms with Crippen molar-refractivity contribution in [3.05, 3.63) is 59.9 Å². The van der Waals surface area contributed by atoms with Crippen LogP contribution in [-0.4, -0.2) is 16.8 Å². The lowest BCUT2D eigenvalue weighted by Gasteiger charge is -2.09. The van der Waals surface area contributed by atoms with E-state index in [1.807, 2.05) is 30.2 Å². The summed E-state index contributed by atoms with van der Waals surface area (Å²) in [4.78, 5) is 5.57. The number of nitrogens with zero attached hydrogens (tertiary/aromatic N) is 1. The van der Waals surface area contributed by atoms with Gasteiger partial charge in [0.05, 0.1) is 0 Å². The van der Waals surface area contributed by atoms with Gasteiger partial charge in [-0.05, 0) is 29.7 Å². The summed E-state index contributed by atoms with van der Waals surface area (Å²) in [5.41, 5.74) is 2.74. The van der Waals surface area contributed by atoms with Crippen molar-refractivity contribution in [2.45, 2.75) is 23.1 Å². The molecular formula is C15H16N2S. The summed E-state index contributed by atoms with van der Waals surface area (Å²) in [6.07, 6.45) is 4.91. The lowest BCUT2D eigenvalue weighted by atomic mass is 10.1. The maximum atomic E-state index is 4.12. The zero-order valence-electron chi connectivity index (χ0n) is 10.2. The monoisotopic (exact) mass is 256 g/mol. The second kappa shape index (κ2) is 5.55. The van der Waals surface area contributed by atoms with Crippen LogP contribution >= 0.6 is 11.8 Å². The molecule has 1 aliphatic rings. The summed E-state index contributed by atoms with van der Waals surface area (Å²) in [7, 11) is 0. The number of thioether (sulfide) groups is 1. The molecule has 1 N–H and O–H groups in total. The van der Waals surface area contributed by atoms with Crippen LogP contribution in [0.2, 0.25) is 0 Å². The van der Waals surface area contributed by atoms with E-state index in [-0.39, 0.29) is 0 Å². The second-order valence-corrected chi connectivity index (χ2v) is 5.89. The Kier molecular flexibility index (Phi) is 3.62. The van der Waals surface area contributed by atoms with Gasteiger partial charge in [0.1, 0.15) is 0 Å². The van der Waals surface area contributed by atoms with Crippen LogP contribution in [0.5, 0.6) is 0 Å². The standard InChI is InChI=1S/C15H16N2S/c1-2-6-15-13(5-1)8-14(18-15)11-17-10-12-4-3-7-16-9-12/h1-7,9,14,17H,8,10-11H2. The van der Waals surface area contributed by atoms with E-state index < -0.39 is 0 Å². The molecule has 0 saturated heterocycles. The van der Waals surface area contributed by atoms with Crippen molar-refractivity contribution in [2.75, 3.05) is 6.54 Å². The third-order valence-corrected chi connectivity index (χ3v) is 4.46. The first-order valence-corrected chi connectivity index (χ1v) is 7.14. The normalized spacial score (nSPS) is 17.7. The number of aromatic nitrogens is 1. The molecule has 0 radical (unpaired) electrons. The maximum absolute atomic E-state index is 4.12. The molecule has 1 unspecified atom stereocenters. The molecule has 2 aromatic rings. The minimum Gasteiger partial charge on any atom is -0.311 e. The van der Waals surface area contributed by atoms with E-state index in [4.69, 9.17) is 0 Å². The molecule has 0 saturated carbocycles. The van der Waals surface area contributed by atoms with Gasteiger partial charge in [-0.25, -0.2) is 0 Å². The second-order valence-electron chi connectivity index (χ2n) is 4.54. The van der Waals surface area contributed by atoms with Crippen LogP contribution < -0.4 is 5.32 Å². The first-order valence-electron chi connectivity index (χ1n) is 6.26. The molecule has 1 aromatic carbocycles. The van der Waals surface area contributed by atoms with Gasteiger partial charge in [-0.1, -0.05) is 24.3 Å². The molecule has 1 aliphatic heterocycles. The molecule has 2 nitrogen and oxygen atoms in total. The number of fused-ring (bicyclic) bond motifs is 1. The van der Waals surface area contributed by atoms with Crippen LogP contribution in [0.3, 0.4) is 0 Å². The van der Waals surface area contributed by atoms with Gasteiger partial charge in [0.25, 0.3) is 0 Å². The van der Waals surface area contributed by atoms with Gasteiger partial charge >= 0.3 is 0 Å². The van der Waals surface area contributed by atoms with E-state index >= 15 is 0 Å². The van der Waals surface area contributed by atoms with E-state index in [0.717, 1.165) is 13.1 Å². The molecule has 2 heterocycles. The van der Waals surface area contributed by atoms with Crippen LogP contribution in [0.1, 0.15) is 11.1 Å². The molecule has 92 valence electrons. The van der Waals surface area contributed by atoms with Crippen molar-refractivity contribution >= 4 is 11.8 Å². The van der Waals surface area contributed by atoms with Crippen molar-refractivity contribution in [1.82, 2.24) is 10.3 Å². The third-order valence-electron chi connectivity index (χ3n) is 3.14. The quantitative estimate of drug-likeness (QED) is 0.910. The highest BCUT2D eigenvalue weighted by Crippen LogP contribution is 2.36. The Morgan fingerprint density at radius 1 is 1.22 bits per heavy atom. The highest BCUT2D eigenvalue weighted by molar-refractivity contribution is 8.00. The lowest BCUT2D eigenvalue weighted by molar-refractivity contribution is 0.664. The molecule has 18 heavy (non-hydrogen) atoms. The van der Waals surface area contributed by atoms with Gasteiger partial charge in [0.2, 0.25) is 0 Å². The predicted molar refractivity (Wildman–Crippen MR) is 75.7 cm³/mol. The number of nitrogens with one attached hydrogen (secondary N) is 1. The highest BCUT2D eigenvalue weighted by Gasteiger charge is 2.20. The van der Waals surface area contributed by atoms with E-state index in [1.54, 1.807) is 0 Å². The Labute approximate surface area is 112 Å². The topological polar surface area (TPSA) is 24.9 Å². The SMILES string of the molecule is c1cncc(CNCC2Cc3ccccc3S2)c1. The van der Waals surface area contributed by atoms with Crippen molar-refractivity contribution < 1.29 is 0 Å². The largest absolute Gasteiger partial charge is 0.311 e. The van der Waals surface area contributed by atoms with Gasteiger partial charge in [-0.2, -0.15) is 0 Å². The van der Waals surface area contributed by atoms with Crippen LogP contribution in [0.15, 0.2) is 53.7 Å². The predicted octanol–water partition coefficient (Wildman–Crippen LogP) is 2.89. The smallest absolute Gasteiger partial charge is 0.0312 e. The molecule has 3 heteroatoms. The summed E-state index contributed by atoms with van der Waals surface area (Å²) in [6, 6.07) is 12.8. The van der Waals surface area contributed by atoms with Gasteiger partial charge in [0.15, 0.2) is 0 Å². The minimum atomic E-state index is 0.666. The van der Waals surface area contributed by atoms with Crippen LogP contribution in [0.25, 0.3) is 0 Å². The third kappa shape index (κ3) is 2.74. The fourth-order valence-corrected chi connectivity index (χ4v) is 3.53. The maximum Gasteiger partial charge on any atom is 0.0312 e. The zero-order valence-corrected chi connectivity index (χ0v) is 11.0. The first kappa shape index (κ1) is 11.8. The molecule has 0 bridgehead atoms. The zero-order chi connectivity index (χ0) is 12.2. The van der Waals surface area contributed by atoms with Crippen LogP contribution in [0.4, 0.5) is 0 Å². The van der Waals surface area contributed by atoms with Crippen molar-refractivity contribution in [2.24, 2.45) is 0 Å². The van der Waals surface area contributed by atoms with Crippen molar-refractivity contribution in [3.8, 4) is 0 Å². The van der Waals surface area contributed by atoms with E-state index in [0.29, 0.717) is 5.25 Å². The van der Waals surface area contributed by atoms with Crippen molar-refractivity contribution in [3.63, 3.8) is 0 Å². The molecule has 0 amide bonds. The first-order chi connectivity index (χ1) is 8.92. The summed E-state index contributed by atoms with van der Waals surface area (Å²) in [6.45, 7) is 1.95. The summed E-state index contributed by atoms with van der Waals surface area (Å²) in [5, 5.41) is 4.18. The van der Waals surface area contributed by atoms with Gasteiger partial charge < -0.3 is 5.32 Å². The molecular weight excluding hydrogens is 240 g/mol. The van der Waals surface area contributed by atoms with E-state index in [1.165, 1.54) is 22.4 Å². The number of benzene rings is 1. The van der Waals surface area contributed by atoms with Crippen LogP contribution in [0, 0.1) is 0 Å². The summed E-state index contributed by atoms with van der Waals surface area (Å²) >= 11 is 1.99. The molecule has 1 atom stereocenters. The minimum absolute atomic E-state index is 0.666. The fraction of sp³-hybridized carbons (Fsp3) is 0.267. The number of hydrogen-bond donors (Lipinski definition) is 1.